The Morgan fingerprint density at radius 3 is 2.44 bits per heavy atom. The highest BCUT2D eigenvalue weighted by Crippen LogP contribution is 2.29. The predicted octanol–water partition coefficient (Wildman–Crippen LogP) is 2.23. The van der Waals surface area contributed by atoms with E-state index < -0.39 is 17.7 Å². The maximum absolute atomic E-state index is 12.3. The lowest BCUT2D eigenvalue weighted by Crippen LogP contribution is -2.49. The third-order valence-corrected chi connectivity index (χ3v) is 3.88. The summed E-state index contributed by atoms with van der Waals surface area (Å²) in [5, 5.41) is 5.45. The molecule has 1 aromatic rings. The molecule has 1 aliphatic carbocycles. The number of amides is 2. The number of ether oxygens (including phenoxy) is 2. The van der Waals surface area contributed by atoms with Gasteiger partial charge < -0.3 is 24.7 Å². The molecule has 1 aromatic heterocycles. The molecule has 0 spiro atoms. The fourth-order valence-corrected chi connectivity index (χ4v) is 2.64. The first-order valence-electron chi connectivity index (χ1n) is 8.99. The van der Waals surface area contributed by atoms with Crippen LogP contribution in [-0.4, -0.2) is 45.3 Å². The Bertz CT molecular complexity index is 714. The number of alkyl carbamates (subject to hydrolysis) is 1. The van der Waals surface area contributed by atoms with Gasteiger partial charge >= 0.3 is 12.1 Å². The second-order valence-corrected chi connectivity index (χ2v) is 8.02. The molecule has 2 N–H and O–H groups in total. The zero-order chi connectivity index (χ0) is 20.4. The number of carbonyl (C=O) groups excluding carboxylic acids is 3. The van der Waals surface area contributed by atoms with Crippen LogP contribution in [0.1, 0.15) is 58.1 Å². The first kappa shape index (κ1) is 20.7. The Kier molecular flexibility index (Phi) is 6.12. The van der Waals surface area contributed by atoms with Crippen LogP contribution in [0, 0.1) is 5.92 Å². The van der Waals surface area contributed by atoms with E-state index >= 15 is 0 Å². The largest absolute Gasteiger partial charge is 0.457 e. The average molecular weight is 380 g/mol. The SMILES string of the molecule is CC(C)OC(=O)c1nc(NC(=O)[C@H]2C[C@H](NC(=O)OC(C)(C)C)C2)cn1C. The van der Waals surface area contributed by atoms with Crippen LogP contribution in [0.3, 0.4) is 0 Å². The first-order chi connectivity index (χ1) is 12.4. The summed E-state index contributed by atoms with van der Waals surface area (Å²) in [6, 6.07) is -0.0871. The van der Waals surface area contributed by atoms with Crippen molar-refractivity contribution in [1.29, 1.82) is 0 Å². The van der Waals surface area contributed by atoms with E-state index in [9.17, 15) is 14.4 Å². The second-order valence-electron chi connectivity index (χ2n) is 8.02. The van der Waals surface area contributed by atoms with Gasteiger partial charge in [0.2, 0.25) is 11.7 Å². The summed E-state index contributed by atoms with van der Waals surface area (Å²) < 4.78 is 11.8. The van der Waals surface area contributed by atoms with Gasteiger partial charge in [-0.3, -0.25) is 4.79 Å². The molecule has 0 saturated heterocycles. The van der Waals surface area contributed by atoms with E-state index in [0.717, 1.165) is 0 Å². The second kappa shape index (κ2) is 7.98. The molecule has 0 atom stereocenters. The minimum Gasteiger partial charge on any atom is -0.457 e. The van der Waals surface area contributed by atoms with Crippen LogP contribution in [0.4, 0.5) is 10.6 Å². The van der Waals surface area contributed by atoms with E-state index in [-0.39, 0.29) is 29.8 Å². The van der Waals surface area contributed by atoms with Gasteiger partial charge in [0.1, 0.15) is 5.60 Å². The normalized spacial score (nSPS) is 19.2. The molecule has 1 heterocycles. The van der Waals surface area contributed by atoms with Crippen LogP contribution < -0.4 is 10.6 Å². The van der Waals surface area contributed by atoms with Crippen molar-refractivity contribution < 1.29 is 23.9 Å². The van der Waals surface area contributed by atoms with Crippen molar-refractivity contribution in [3.8, 4) is 0 Å². The lowest BCUT2D eigenvalue weighted by atomic mass is 9.79. The molecule has 1 saturated carbocycles. The number of carbonyl (C=O) groups is 3. The van der Waals surface area contributed by atoms with Gasteiger partial charge in [-0.25, -0.2) is 14.6 Å². The van der Waals surface area contributed by atoms with Gasteiger partial charge in [-0.1, -0.05) is 0 Å². The van der Waals surface area contributed by atoms with E-state index in [1.807, 2.05) is 0 Å². The lowest BCUT2D eigenvalue weighted by Gasteiger charge is -2.34. The molecule has 1 aliphatic rings. The number of rotatable bonds is 5. The van der Waals surface area contributed by atoms with E-state index in [1.54, 1.807) is 47.9 Å². The third-order valence-electron chi connectivity index (χ3n) is 3.88. The number of aromatic nitrogens is 2. The Morgan fingerprint density at radius 1 is 1.26 bits per heavy atom. The van der Waals surface area contributed by atoms with E-state index in [1.165, 1.54) is 4.57 Å². The maximum atomic E-state index is 12.3. The van der Waals surface area contributed by atoms with E-state index in [4.69, 9.17) is 9.47 Å². The van der Waals surface area contributed by atoms with E-state index in [0.29, 0.717) is 18.7 Å². The summed E-state index contributed by atoms with van der Waals surface area (Å²) in [5.41, 5.74) is -0.558. The minimum absolute atomic E-state index is 0.0871. The number of aryl methyl sites for hydroxylation is 1. The van der Waals surface area contributed by atoms with Gasteiger partial charge in [0.15, 0.2) is 5.82 Å². The van der Waals surface area contributed by atoms with Crippen molar-refractivity contribution >= 4 is 23.8 Å². The molecule has 2 rings (SSSR count). The number of hydrogen-bond donors (Lipinski definition) is 2. The molecule has 0 bridgehead atoms. The molecule has 9 nitrogen and oxygen atoms in total. The summed E-state index contributed by atoms with van der Waals surface area (Å²) in [5.74, 6) is -0.547. The number of anilines is 1. The fraction of sp³-hybridized carbons (Fsp3) is 0.667. The summed E-state index contributed by atoms with van der Waals surface area (Å²) in [6.07, 6.45) is 1.88. The summed E-state index contributed by atoms with van der Waals surface area (Å²) in [7, 11) is 1.66. The summed E-state index contributed by atoms with van der Waals surface area (Å²) in [4.78, 5) is 40.1. The Hall–Kier alpha value is -2.58. The van der Waals surface area contributed by atoms with Crippen LogP contribution in [0.15, 0.2) is 6.20 Å². The fourth-order valence-electron chi connectivity index (χ4n) is 2.64. The first-order valence-corrected chi connectivity index (χ1v) is 8.99. The number of esters is 1. The molecule has 9 heteroatoms. The van der Waals surface area contributed by atoms with Crippen LogP contribution in [0.25, 0.3) is 0 Å². The van der Waals surface area contributed by atoms with Crippen molar-refractivity contribution in [2.45, 2.75) is 65.2 Å². The molecule has 0 aromatic carbocycles. The van der Waals surface area contributed by atoms with Gasteiger partial charge in [0.05, 0.1) is 6.10 Å². The standard InChI is InChI=1S/C18H28N4O5/c1-10(2)26-16(24)14-20-13(9-22(14)6)21-15(23)11-7-12(8-11)19-17(25)27-18(3,4)5/h9-12H,7-8H2,1-6H3,(H,19,25)(H,21,23)/t11-,12-. The molecule has 27 heavy (non-hydrogen) atoms. The third kappa shape index (κ3) is 5.97. The smallest absolute Gasteiger partial charge is 0.407 e. The zero-order valence-electron chi connectivity index (χ0n) is 16.7. The molecule has 150 valence electrons. The van der Waals surface area contributed by atoms with Gasteiger partial charge in [-0.15, -0.1) is 0 Å². The van der Waals surface area contributed by atoms with Crippen molar-refractivity contribution in [2.75, 3.05) is 5.32 Å². The van der Waals surface area contributed by atoms with Crippen molar-refractivity contribution in [3.05, 3.63) is 12.0 Å². The number of hydrogen-bond acceptors (Lipinski definition) is 6. The Morgan fingerprint density at radius 2 is 1.89 bits per heavy atom. The average Bonchev–Trinajstić information content (AvgIpc) is 2.80. The molecule has 1 fully saturated rings. The topological polar surface area (TPSA) is 112 Å². The Labute approximate surface area is 158 Å². The van der Waals surface area contributed by atoms with Gasteiger partial charge in [-0.05, 0) is 47.5 Å². The summed E-state index contributed by atoms with van der Waals surface area (Å²) in [6.45, 7) is 8.88. The van der Waals surface area contributed by atoms with E-state index in [2.05, 4.69) is 15.6 Å². The van der Waals surface area contributed by atoms with Crippen LogP contribution in [0.2, 0.25) is 0 Å². The molecule has 2 amide bonds. The molecule has 0 unspecified atom stereocenters. The van der Waals surface area contributed by atoms with Crippen LogP contribution in [-0.2, 0) is 21.3 Å². The van der Waals surface area contributed by atoms with Gasteiger partial charge in [0, 0.05) is 25.2 Å². The molecular weight excluding hydrogens is 352 g/mol. The Balaban J connectivity index is 1.82. The zero-order valence-corrected chi connectivity index (χ0v) is 16.7. The highest BCUT2D eigenvalue weighted by Gasteiger charge is 2.36. The van der Waals surface area contributed by atoms with Crippen molar-refractivity contribution in [3.63, 3.8) is 0 Å². The number of nitrogens with one attached hydrogen (secondary N) is 2. The highest BCUT2D eigenvalue weighted by molar-refractivity contribution is 5.93. The summed E-state index contributed by atoms with van der Waals surface area (Å²) >= 11 is 0. The predicted molar refractivity (Wildman–Crippen MR) is 98.3 cm³/mol. The lowest BCUT2D eigenvalue weighted by molar-refractivity contribution is -0.123. The quantitative estimate of drug-likeness (QED) is 0.758. The monoisotopic (exact) mass is 380 g/mol. The number of nitrogens with zero attached hydrogens (tertiary/aromatic N) is 2. The molecule has 0 aliphatic heterocycles. The van der Waals surface area contributed by atoms with Crippen LogP contribution >= 0.6 is 0 Å². The molecular formula is C18H28N4O5. The minimum atomic E-state index is -0.558. The molecule has 0 radical (unpaired) electrons. The maximum Gasteiger partial charge on any atom is 0.407 e. The van der Waals surface area contributed by atoms with Crippen molar-refractivity contribution in [1.82, 2.24) is 14.9 Å². The van der Waals surface area contributed by atoms with Gasteiger partial charge in [-0.2, -0.15) is 0 Å². The van der Waals surface area contributed by atoms with Crippen LogP contribution in [0.5, 0.6) is 0 Å². The highest BCUT2D eigenvalue weighted by atomic mass is 16.6. The van der Waals surface area contributed by atoms with Gasteiger partial charge in [0.25, 0.3) is 0 Å². The number of imidazole rings is 1. The van der Waals surface area contributed by atoms with Crippen molar-refractivity contribution in [2.24, 2.45) is 13.0 Å².